The lowest BCUT2D eigenvalue weighted by Gasteiger charge is -2.10. The lowest BCUT2D eigenvalue weighted by molar-refractivity contribution is 0.416. The molecule has 0 saturated heterocycles. The number of aromatic nitrogens is 2. The molecule has 1 aromatic heterocycles. The molecule has 0 spiro atoms. The van der Waals surface area contributed by atoms with E-state index in [0.29, 0.717) is 5.82 Å². The lowest BCUT2D eigenvalue weighted by Crippen LogP contribution is -1.99. The van der Waals surface area contributed by atoms with E-state index in [0.717, 1.165) is 17.0 Å². The largest absolute Gasteiger partial charge is 0.495 e. The fraction of sp³-hybridized carbons (Fsp3) is 0.154. The van der Waals surface area contributed by atoms with Crippen LogP contribution in [-0.2, 0) is 0 Å². The number of aryl methyl sites for hydroxylation is 1. The van der Waals surface area contributed by atoms with Gasteiger partial charge in [0.25, 0.3) is 0 Å². The number of hydrogen-bond donors (Lipinski definition) is 1. The second-order valence-electron chi connectivity index (χ2n) is 3.74. The summed E-state index contributed by atoms with van der Waals surface area (Å²) in [6, 6.07) is 11.0. The van der Waals surface area contributed by atoms with Gasteiger partial charge in [0.05, 0.1) is 12.8 Å². The third kappa shape index (κ3) is 2.55. The highest BCUT2D eigenvalue weighted by molar-refractivity contribution is 5.64. The Morgan fingerprint density at radius 2 is 2.06 bits per heavy atom. The Morgan fingerprint density at radius 1 is 1.22 bits per heavy atom. The monoisotopic (exact) mass is 240 g/mol. The molecular formula is C13H12N4O. The van der Waals surface area contributed by atoms with E-state index in [2.05, 4.69) is 15.5 Å². The van der Waals surface area contributed by atoms with E-state index in [1.807, 2.05) is 31.2 Å². The Balaban J connectivity index is 2.27. The number of benzene rings is 1. The summed E-state index contributed by atoms with van der Waals surface area (Å²) in [6.45, 7) is 2.00. The van der Waals surface area contributed by atoms with Crippen LogP contribution in [0.15, 0.2) is 30.3 Å². The van der Waals surface area contributed by atoms with E-state index in [9.17, 15) is 0 Å². The van der Waals surface area contributed by atoms with Crippen molar-refractivity contribution in [1.82, 2.24) is 10.2 Å². The van der Waals surface area contributed by atoms with Gasteiger partial charge in [-0.2, -0.15) is 5.26 Å². The molecule has 0 amide bonds. The molecular weight excluding hydrogens is 228 g/mol. The normalized spacial score (nSPS) is 9.61. The summed E-state index contributed by atoms with van der Waals surface area (Å²) in [5.74, 6) is 1.30. The minimum absolute atomic E-state index is 0.289. The van der Waals surface area contributed by atoms with Gasteiger partial charge in [-0.25, -0.2) is 0 Å². The van der Waals surface area contributed by atoms with Crippen LogP contribution in [0.3, 0.4) is 0 Å². The summed E-state index contributed by atoms with van der Waals surface area (Å²) in [4.78, 5) is 0. The first-order valence-corrected chi connectivity index (χ1v) is 5.38. The first kappa shape index (κ1) is 11.9. The summed E-state index contributed by atoms with van der Waals surface area (Å²) in [5, 5.41) is 19.4. The zero-order chi connectivity index (χ0) is 13.0. The molecule has 0 atom stereocenters. The number of hydrogen-bond acceptors (Lipinski definition) is 5. The van der Waals surface area contributed by atoms with Crippen molar-refractivity contribution in [2.24, 2.45) is 0 Å². The van der Waals surface area contributed by atoms with E-state index < -0.39 is 0 Å². The van der Waals surface area contributed by atoms with Gasteiger partial charge in [0.2, 0.25) is 0 Å². The number of nitrogens with zero attached hydrogens (tertiary/aromatic N) is 3. The SMILES string of the molecule is COc1ccc(C)cc1Nc1ccc(C#N)nn1. The van der Waals surface area contributed by atoms with Crippen molar-refractivity contribution in [3.05, 3.63) is 41.6 Å². The maximum atomic E-state index is 8.64. The summed E-state index contributed by atoms with van der Waals surface area (Å²) >= 11 is 0. The molecule has 0 unspecified atom stereocenters. The van der Waals surface area contributed by atoms with Gasteiger partial charge in [0.15, 0.2) is 11.5 Å². The Kier molecular flexibility index (Phi) is 3.39. The number of anilines is 2. The van der Waals surface area contributed by atoms with Crippen molar-refractivity contribution in [2.45, 2.75) is 6.92 Å². The third-order valence-electron chi connectivity index (χ3n) is 2.40. The van der Waals surface area contributed by atoms with Crippen LogP contribution in [0.25, 0.3) is 0 Å². The van der Waals surface area contributed by atoms with Crippen LogP contribution in [0.5, 0.6) is 5.75 Å². The molecule has 5 nitrogen and oxygen atoms in total. The number of rotatable bonds is 3. The highest BCUT2D eigenvalue weighted by Crippen LogP contribution is 2.27. The van der Waals surface area contributed by atoms with Crippen LogP contribution >= 0.6 is 0 Å². The van der Waals surface area contributed by atoms with Crippen molar-refractivity contribution in [3.8, 4) is 11.8 Å². The average molecular weight is 240 g/mol. The number of nitrogens with one attached hydrogen (secondary N) is 1. The van der Waals surface area contributed by atoms with Crippen LogP contribution in [0.4, 0.5) is 11.5 Å². The molecule has 0 fully saturated rings. The Morgan fingerprint density at radius 3 is 2.67 bits per heavy atom. The van der Waals surface area contributed by atoms with E-state index >= 15 is 0 Å². The van der Waals surface area contributed by atoms with Crippen molar-refractivity contribution in [2.75, 3.05) is 12.4 Å². The van der Waals surface area contributed by atoms with Gasteiger partial charge in [-0.1, -0.05) is 6.07 Å². The van der Waals surface area contributed by atoms with Crippen molar-refractivity contribution in [3.63, 3.8) is 0 Å². The Hall–Kier alpha value is -2.61. The van der Waals surface area contributed by atoms with Gasteiger partial charge in [-0.05, 0) is 36.8 Å². The molecule has 90 valence electrons. The highest BCUT2D eigenvalue weighted by atomic mass is 16.5. The number of methoxy groups -OCH3 is 1. The molecule has 1 heterocycles. The van der Waals surface area contributed by atoms with Gasteiger partial charge in [0.1, 0.15) is 11.8 Å². The predicted molar refractivity (Wildman–Crippen MR) is 67.8 cm³/mol. The van der Waals surface area contributed by atoms with Gasteiger partial charge >= 0.3 is 0 Å². The quantitative estimate of drug-likeness (QED) is 0.892. The standard InChI is InChI=1S/C13H12N4O/c1-9-3-5-12(18-2)11(7-9)15-13-6-4-10(8-14)16-17-13/h3-7H,1-2H3,(H,15,17). The Labute approximate surface area is 105 Å². The van der Waals surface area contributed by atoms with E-state index in [1.165, 1.54) is 0 Å². The summed E-state index contributed by atoms with van der Waals surface area (Å²) in [5.41, 5.74) is 2.22. The van der Waals surface area contributed by atoms with Crippen molar-refractivity contribution in [1.29, 1.82) is 5.26 Å². The first-order chi connectivity index (χ1) is 8.72. The maximum Gasteiger partial charge on any atom is 0.163 e. The van der Waals surface area contributed by atoms with Crippen LogP contribution < -0.4 is 10.1 Å². The molecule has 0 bridgehead atoms. The Bertz CT molecular complexity index is 587. The van der Waals surface area contributed by atoms with Crippen LogP contribution in [0, 0.1) is 18.3 Å². The fourth-order valence-electron chi connectivity index (χ4n) is 1.52. The first-order valence-electron chi connectivity index (χ1n) is 5.38. The van der Waals surface area contributed by atoms with Gasteiger partial charge in [-0.15, -0.1) is 10.2 Å². The molecule has 18 heavy (non-hydrogen) atoms. The molecule has 5 heteroatoms. The lowest BCUT2D eigenvalue weighted by atomic mass is 10.2. The molecule has 0 aliphatic carbocycles. The zero-order valence-electron chi connectivity index (χ0n) is 10.1. The summed E-state index contributed by atoms with van der Waals surface area (Å²) < 4.78 is 5.25. The van der Waals surface area contributed by atoms with E-state index in [1.54, 1.807) is 19.2 Å². The van der Waals surface area contributed by atoms with E-state index in [4.69, 9.17) is 10.00 Å². The minimum Gasteiger partial charge on any atom is -0.495 e. The van der Waals surface area contributed by atoms with Crippen LogP contribution in [-0.4, -0.2) is 17.3 Å². The molecule has 1 N–H and O–H groups in total. The van der Waals surface area contributed by atoms with Gasteiger partial charge < -0.3 is 10.1 Å². The molecule has 2 aromatic rings. The molecule has 0 saturated carbocycles. The second kappa shape index (κ2) is 5.15. The number of nitriles is 1. The van der Waals surface area contributed by atoms with Gasteiger partial charge in [-0.3, -0.25) is 0 Å². The van der Waals surface area contributed by atoms with Gasteiger partial charge in [0, 0.05) is 0 Å². The molecule has 0 aliphatic heterocycles. The molecule has 2 rings (SSSR count). The highest BCUT2D eigenvalue weighted by Gasteiger charge is 2.04. The summed E-state index contributed by atoms with van der Waals surface area (Å²) in [7, 11) is 1.61. The van der Waals surface area contributed by atoms with Crippen LogP contribution in [0.2, 0.25) is 0 Å². The van der Waals surface area contributed by atoms with Crippen molar-refractivity contribution < 1.29 is 4.74 Å². The molecule has 0 radical (unpaired) electrons. The maximum absolute atomic E-state index is 8.64. The topological polar surface area (TPSA) is 70.8 Å². The van der Waals surface area contributed by atoms with Crippen molar-refractivity contribution >= 4 is 11.5 Å². The minimum atomic E-state index is 0.289. The predicted octanol–water partition coefficient (Wildman–Crippen LogP) is 2.41. The zero-order valence-corrected chi connectivity index (χ0v) is 10.1. The third-order valence-corrected chi connectivity index (χ3v) is 2.40. The average Bonchev–Trinajstić information content (AvgIpc) is 2.40. The fourth-order valence-corrected chi connectivity index (χ4v) is 1.52. The van der Waals surface area contributed by atoms with E-state index in [-0.39, 0.29) is 5.69 Å². The molecule has 0 aliphatic rings. The second-order valence-corrected chi connectivity index (χ2v) is 3.74. The van der Waals surface area contributed by atoms with Crippen LogP contribution in [0.1, 0.15) is 11.3 Å². The smallest absolute Gasteiger partial charge is 0.163 e. The summed E-state index contributed by atoms with van der Waals surface area (Å²) in [6.07, 6.45) is 0. The number of ether oxygens (including phenoxy) is 1. The molecule has 1 aromatic carbocycles.